The minimum atomic E-state index is -0.507. The van der Waals surface area contributed by atoms with Gasteiger partial charge in [-0.05, 0) is 41.2 Å². The molecule has 4 rings (SSSR count). The van der Waals surface area contributed by atoms with Crippen LogP contribution in [0.4, 0.5) is 0 Å². The first kappa shape index (κ1) is 16.4. The second-order valence-electron chi connectivity index (χ2n) is 7.22. The van der Waals surface area contributed by atoms with Gasteiger partial charge in [0, 0.05) is 18.9 Å². The summed E-state index contributed by atoms with van der Waals surface area (Å²) in [5.41, 5.74) is 2.95. The first-order chi connectivity index (χ1) is 12.1. The molecule has 0 radical (unpaired) electrons. The lowest BCUT2D eigenvalue weighted by Crippen LogP contribution is -2.21. The summed E-state index contributed by atoms with van der Waals surface area (Å²) in [6.07, 6.45) is 7.43. The largest absolute Gasteiger partial charge is 0.497 e. The van der Waals surface area contributed by atoms with Crippen molar-refractivity contribution in [3.05, 3.63) is 47.6 Å². The van der Waals surface area contributed by atoms with Gasteiger partial charge in [0.2, 0.25) is 0 Å². The van der Waals surface area contributed by atoms with Gasteiger partial charge in [0.15, 0.2) is 0 Å². The molecule has 0 unspecified atom stereocenters. The zero-order chi connectivity index (χ0) is 17.8. The number of carbonyl (C=O) groups is 1. The smallest absolute Gasteiger partial charge is 0.316 e. The summed E-state index contributed by atoms with van der Waals surface area (Å²) in [4.78, 5) is 12.6. The number of ether oxygens (including phenoxy) is 3. The molecule has 0 aromatic heterocycles. The van der Waals surface area contributed by atoms with Gasteiger partial charge in [0.25, 0.3) is 0 Å². The molecule has 1 fully saturated rings. The summed E-state index contributed by atoms with van der Waals surface area (Å²) in [6, 6.07) is 6.09. The van der Waals surface area contributed by atoms with E-state index in [-0.39, 0.29) is 23.9 Å². The summed E-state index contributed by atoms with van der Waals surface area (Å²) in [7, 11) is 4.88. The van der Waals surface area contributed by atoms with Gasteiger partial charge in [0.05, 0.1) is 25.7 Å². The molecule has 1 aromatic rings. The highest BCUT2D eigenvalue weighted by Crippen LogP contribution is 2.67. The maximum Gasteiger partial charge on any atom is 0.316 e. The molecule has 25 heavy (non-hydrogen) atoms. The van der Waals surface area contributed by atoms with Crippen molar-refractivity contribution in [2.24, 2.45) is 23.2 Å². The number of rotatable bonds is 4. The van der Waals surface area contributed by atoms with Gasteiger partial charge in [-0.3, -0.25) is 4.79 Å². The highest BCUT2D eigenvalue weighted by molar-refractivity contribution is 5.89. The summed E-state index contributed by atoms with van der Waals surface area (Å²) >= 11 is 0. The number of benzene rings is 1. The predicted molar refractivity (Wildman–Crippen MR) is 95.1 cm³/mol. The maximum atomic E-state index is 12.6. The van der Waals surface area contributed by atoms with Crippen molar-refractivity contribution in [3.8, 4) is 5.75 Å². The van der Waals surface area contributed by atoms with E-state index in [1.54, 1.807) is 14.2 Å². The third-order valence-electron chi connectivity index (χ3n) is 6.23. The van der Waals surface area contributed by atoms with Crippen LogP contribution in [-0.4, -0.2) is 27.3 Å². The lowest BCUT2D eigenvalue weighted by molar-refractivity contribution is -0.146. The Morgan fingerprint density at radius 1 is 1.28 bits per heavy atom. The van der Waals surface area contributed by atoms with Crippen LogP contribution in [0, 0.1) is 23.2 Å². The van der Waals surface area contributed by atoms with Crippen LogP contribution in [0.5, 0.6) is 5.75 Å². The quantitative estimate of drug-likeness (QED) is 0.618. The number of methoxy groups -OCH3 is 3. The van der Waals surface area contributed by atoms with Gasteiger partial charge < -0.3 is 14.2 Å². The topological polar surface area (TPSA) is 44.8 Å². The van der Waals surface area contributed by atoms with Gasteiger partial charge in [-0.2, -0.15) is 0 Å². The van der Waals surface area contributed by atoms with E-state index in [4.69, 9.17) is 14.2 Å². The van der Waals surface area contributed by atoms with Crippen molar-refractivity contribution < 1.29 is 19.0 Å². The Morgan fingerprint density at radius 3 is 2.68 bits per heavy atom. The van der Waals surface area contributed by atoms with Crippen LogP contribution in [0.2, 0.25) is 0 Å². The highest BCUT2D eigenvalue weighted by atomic mass is 16.5. The molecule has 1 aromatic carbocycles. The van der Waals surface area contributed by atoms with E-state index in [0.717, 1.165) is 23.3 Å². The lowest BCUT2D eigenvalue weighted by atomic mass is 9.90. The number of hydrogen-bond donors (Lipinski definition) is 0. The Balaban J connectivity index is 1.82. The van der Waals surface area contributed by atoms with Crippen molar-refractivity contribution in [3.63, 3.8) is 0 Å². The molecule has 0 bridgehead atoms. The normalized spacial score (nSPS) is 36.2. The second kappa shape index (κ2) is 5.73. The SMILES string of the molecule is COC(=O)[C@@]1(/C=C2/c3ccc(OC)cc3[C@@H](OC)[C@@H]2C)[C@@H]2C=CC[C@@H]21. The average Bonchev–Trinajstić information content (AvgIpc) is 2.94. The summed E-state index contributed by atoms with van der Waals surface area (Å²) in [5.74, 6) is 1.48. The number of carbonyl (C=O) groups excluding carboxylic acids is 1. The molecular weight excluding hydrogens is 316 g/mol. The second-order valence-corrected chi connectivity index (χ2v) is 7.22. The van der Waals surface area contributed by atoms with Crippen molar-refractivity contribution in [2.75, 3.05) is 21.3 Å². The number of fused-ring (bicyclic) bond motifs is 2. The zero-order valence-electron chi connectivity index (χ0n) is 15.1. The zero-order valence-corrected chi connectivity index (χ0v) is 15.1. The third-order valence-corrected chi connectivity index (χ3v) is 6.23. The van der Waals surface area contributed by atoms with Crippen LogP contribution in [0.15, 0.2) is 36.4 Å². The Kier molecular flexibility index (Phi) is 3.76. The fraction of sp³-hybridized carbons (Fsp3) is 0.476. The molecule has 4 nitrogen and oxygen atoms in total. The molecule has 1 saturated carbocycles. The Morgan fingerprint density at radius 2 is 2.08 bits per heavy atom. The molecule has 0 N–H and O–H groups in total. The first-order valence-corrected chi connectivity index (χ1v) is 8.77. The van der Waals surface area contributed by atoms with Crippen molar-refractivity contribution in [2.45, 2.75) is 19.4 Å². The highest BCUT2D eigenvalue weighted by Gasteiger charge is 2.69. The van der Waals surface area contributed by atoms with Crippen LogP contribution >= 0.6 is 0 Å². The van der Waals surface area contributed by atoms with Crippen LogP contribution < -0.4 is 4.74 Å². The number of hydrogen-bond acceptors (Lipinski definition) is 4. The maximum absolute atomic E-state index is 12.6. The fourth-order valence-electron chi connectivity index (χ4n) is 4.89. The number of allylic oxidation sites excluding steroid dienone is 2. The van der Waals surface area contributed by atoms with Crippen LogP contribution in [-0.2, 0) is 14.3 Å². The van der Waals surface area contributed by atoms with Crippen LogP contribution in [0.1, 0.15) is 30.6 Å². The Labute approximate surface area is 148 Å². The molecule has 0 heterocycles. The van der Waals surface area contributed by atoms with E-state index in [0.29, 0.717) is 5.92 Å². The molecule has 0 amide bonds. The van der Waals surface area contributed by atoms with Crippen molar-refractivity contribution >= 4 is 11.5 Å². The van der Waals surface area contributed by atoms with E-state index in [1.165, 1.54) is 12.7 Å². The van der Waals surface area contributed by atoms with Crippen molar-refractivity contribution in [1.29, 1.82) is 0 Å². The standard InChI is InChI=1S/C21H24O4/c1-12-16(11-21(20(22)25-4)17-6-5-7-18(17)21)14-9-8-13(23-2)10-15(14)19(12)24-3/h5-6,8-12,17-19H,7H2,1-4H3/b16-11+/t12-,17-,18+,19+,21+/m1/s1. The summed E-state index contributed by atoms with van der Waals surface area (Å²) < 4.78 is 16.3. The van der Waals surface area contributed by atoms with Gasteiger partial charge in [0.1, 0.15) is 5.75 Å². The van der Waals surface area contributed by atoms with E-state index in [1.807, 2.05) is 12.1 Å². The van der Waals surface area contributed by atoms with Gasteiger partial charge in [-0.25, -0.2) is 0 Å². The molecular formula is C21H24O4. The van der Waals surface area contributed by atoms with Gasteiger partial charge in [-0.1, -0.05) is 31.2 Å². The predicted octanol–water partition coefficient (Wildman–Crippen LogP) is 3.78. The van der Waals surface area contributed by atoms with Crippen molar-refractivity contribution in [1.82, 2.24) is 0 Å². The molecule has 132 valence electrons. The van der Waals surface area contributed by atoms with Crippen LogP contribution in [0.3, 0.4) is 0 Å². The summed E-state index contributed by atoms with van der Waals surface area (Å²) in [5, 5.41) is 0. The van der Waals surface area contributed by atoms with E-state index in [9.17, 15) is 4.79 Å². The van der Waals surface area contributed by atoms with Gasteiger partial charge in [-0.15, -0.1) is 0 Å². The number of esters is 1. The van der Waals surface area contributed by atoms with Crippen LogP contribution in [0.25, 0.3) is 5.57 Å². The van der Waals surface area contributed by atoms with E-state index < -0.39 is 5.41 Å². The monoisotopic (exact) mass is 340 g/mol. The minimum Gasteiger partial charge on any atom is -0.497 e. The molecule has 0 spiro atoms. The Hall–Kier alpha value is -2.07. The van der Waals surface area contributed by atoms with Gasteiger partial charge >= 0.3 is 5.97 Å². The molecule has 5 atom stereocenters. The average molecular weight is 340 g/mol. The van der Waals surface area contributed by atoms with E-state index >= 15 is 0 Å². The first-order valence-electron chi connectivity index (χ1n) is 8.77. The fourth-order valence-corrected chi connectivity index (χ4v) is 4.89. The molecule has 3 aliphatic carbocycles. The Bertz CT molecular complexity index is 778. The molecule has 3 aliphatic rings. The molecule has 0 saturated heterocycles. The summed E-state index contributed by atoms with van der Waals surface area (Å²) in [6.45, 7) is 2.16. The lowest BCUT2D eigenvalue weighted by Gasteiger charge is -2.18. The minimum absolute atomic E-state index is 0.0276. The third kappa shape index (κ3) is 2.13. The molecule has 0 aliphatic heterocycles. The van der Waals surface area contributed by atoms with E-state index in [2.05, 4.69) is 31.2 Å². The molecule has 4 heteroatoms.